The van der Waals surface area contributed by atoms with Crippen LogP contribution in [0.4, 0.5) is 13.2 Å². The minimum absolute atomic E-state index is 0.0418. The molecule has 0 aliphatic heterocycles. The molecule has 0 atom stereocenters. The second-order valence-electron chi connectivity index (χ2n) is 4.14. The average molecular weight is 359 g/mol. The summed E-state index contributed by atoms with van der Waals surface area (Å²) in [4.78, 5) is 2.85. The Morgan fingerprint density at radius 2 is 1.80 bits per heavy atom. The molecule has 0 aliphatic rings. The van der Waals surface area contributed by atoms with Crippen LogP contribution >= 0.6 is 28.1 Å². The lowest BCUT2D eigenvalue weighted by Crippen LogP contribution is -1.99. The van der Waals surface area contributed by atoms with Gasteiger partial charge in [0.15, 0.2) is 4.77 Å². The third-order valence-corrected chi connectivity index (χ3v) is 3.77. The molecule has 3 aromatic rings. The summed E-state index contributed by atoms with van der Waals surface area (Å²) in [6.45, 7) is 0. The molecule has 0 radical (unpaired) electrons. The minimum atomic E-state index is -0.785. The topological polar surface area (TPSA) is 20.7 Å². The van der Waals surface area contributed by atoms with Crippen LogP contribution in [-0.4, -0.2) is 9.55 Å². The monoisotopic (exact) mass is 358 g/mol. The van der Waals surface area contributed by atoms with Gasteiger partial charge in [-0.25, -0.2) is 13.2 Å². The van der Waals surface area contributed by atoms with Gasteiger partial charge in [-0.2, -0.15) is 0 Å². The number of nitrogens with one attached hydrogen (secondary N) is 1. The van der Waals surface area contributed by atoms with Crippen LogP contribution in [0.15, 0.2) is 34.8 Å². The molecular weight excluding hydrogens is 353 g/mol. The van der Waals surface area contributed by atoms with Crippen molar-refractivity contribution < 1.29 is 13.2 Å². The van der Waals surface area contributed by atoms with Gasteiger partial charge in [0.05, 0.1) is 21.2 Å². The highest BCUT2D eigenvalue weighted by molar-refractivity contribution is 9.10. The van der Waals surface area contributed by atoms with E-state index in [9.17, 15) is 13.2 Å². The van der Waals surface area contributed by atoms with E-state index in [1.165, 1.54) is 28.8 Å². The zero-order valence-electron chi connectivity index (χ0n) is 9.75. The predicted octanol–water partition coefficient (Wildman–Crippen LogP) is 4.87. The number of H-pyrrole nitrogens is 1. The van der Waals surface area contributed by atoms with Gasteiger partial charge < -0.3 is 4.98 Å². The molecule has 20 heavy (non-hydrogen) atoms. The number of hydrogen-bond acceptors (Lipinski definition) is 1. The molecule has 0 amide bonds. The van der Waals surface area contributed by atoms with Crippen molar-refractivity contribution in [2.45, 2.75) is 0 Å². The molecule has 0 aliphatic carbocycles. The highest BCUT2D eigenvalue weighted by atomic mass is 79.9. The van der Waals surface area contributed by atoms with Crippen molar-refractivity contribution >= 4 is 39.2 Å². The summed E-state index contributed by atoms with van der Waals surface area (Å²) in [5.74, 6) is -1.97. The summed E-state index contributed by atoms with van der Waals surface area (Å²) in [6.07, 6.45) is 0. The quantitative estimate of drug-likeness (QED) is 0.486. The first-order valence-corrected chi connectivity index (χ1v) is 6.72. The van der Waals surface area contributed by atoms with E-state index in [4.69, 9.17) is 12.2 Å². The first-order chi connectivity index (χ1) is 9.47. The third-order valence-electron chi connectivity index (χ3n) is 2.88. The van der Waals surface area contributed by atoms with E-state index in [2.05, 4.69) is 20.9 Å². The van der Waals surface area contributed by atoms with Crippen molar-refractivity contribution in [3.05, 3.63) is 57.0 Å². The summed E-state index contributed by atoms with van der Waals surface area (Å²) in [5, 5.41) is 0. The number of aromatic nitrogens is 2. The predicted molar refractivity (Wildman–Crippen MR) is 76.0 cm³/mol. The van der Waals surface area contributed by atoms with Gasteiger partial charge in [0.25, 0.3) is 0 Å². The number of halogens is 4. The van der Waals surface area contributed by atoms with Gasteiger partial charge >= 0.3 is 0 Å². The summed E-state index contributed by atoms with van der Waals surface area (Å²) in [7, 11) is 0. The van der Waals surface area contributed by atoms with Crippen LogP contribution < -0.4 is 0 Å². The smallest absolute Gasteiger partial charge is 0.182 e. The van der Waals surface area contributed by atoms with Crippen molar-refractivity contribution in [1.29, 1.82) is 0 Å². The summed E-state index contributed by atoms with van der Waals surface area (Å²) >= 11 is 8.12. The Hall–Kier alpha value is -1.60. The van der Waals surface area contributed by atoms with Gasteiger partial charge in [0, 0.05) is 12.1 Å². The van der Waals surface area contributed by atoms with E-state index < -0.39 is 17.5 Å². The number of imidazole rings is 1. The second kappa shape index (κ2) is 4.75. The van der Waals surface area contributed by atoms with Gasteiger partial charge in [0.2, 0.25) is 0 Å². The number of nitrogens with zero attached hydrogens (tertiary/aromatic N) is 1. The lowest BCUT2D eigenvalue weighted by Gasteiger charge is -2.07. The fourth-order valence-corrected chi connectivity index (χ4v) is 2.64. The van der Waals surface area contributed by atoms with E-state index >= 15 is 0 Å². The maximum atomic E-state index is 14.0. The molecule has 1 aromatic heterocycles. The van der Waals surface area contributed by atoms with Crippen molar-refractivity contribution in [3.8, 4) is 5.69 Å². The fourth-order valence-electron chi connectivity index (χ4n) is 2.00. The molecule has 1 N–H and O–H groups in total. The Morgan fingerprint density at radius 3 is 2.55 bits per heavy atom. The maximum absolute atomic E-state index is 14.0. The highest BCUT2D eigenvalue weighted by Gasteiger charge is 2.14. The first-order valence-electron chi connectivity index (χ1n) is 5.52. The van der Waals surface area contributed by atoms with E-state index in [0.29, 0.717) is 11.0 Å². The van der Waals surface area contributed by atoms with Crippen LogP contribution in [0, 0.1) is 22.2 Å². The summed E-state index contributed by atoms with van der Waals surface area (Å²) in [6, 6.07) is 6.03. The van der Waals surface area contributed by atoms with Crippen LogP contribution in [-0.2, 0) is 0 Å². The first kappa shape index (κ1) is 13.4. The van der Waals surface area contributed by atoms with Gasteiger partial charge in [0.1, 0.15) is 17.5 Å². The van der Waals surface area contributed by atoms with E-state index in [1.54, 1.807) is 0 Å². The van der Waals surface area contributed by atoms with Crippen molar-refractivity contribution in [2.24, 2.45) is 0 Å². The molecule has 0 spiro atoms. The van der Waals surface area contributed by atoms with Gasteiger partial charge in [-0.3, -0.25) is 4.57 Å². The molecule has 2 aromatic carbocycles. The number of benzene rings is 2. The van der Waals surface area contributed by atoms with E-state index in [-0.39, 0.29) is 14.9 Å². The number of hydrogen-bond donors (Lipinski definition) is 1. The van der Waals surface area contributed by atoms with Gasteiger partial charge in [-0.05, 0) is 46.3 Å². The van der Waals surface area contributed by atoms with E-state index in [0.717, 1.165) is 6.07 Å². The summed E-state index contributed by atoms with van der Waals surface area (Å²) < 4.78 is 42.2. The molecule has 2 nitrogen and oxygen atoms in total. The molecule has 0 bridgehead atoms. The van der Waals surface area contributed by atoms with Crippen LogP contribution in [0.1, 0.15) is 0 Å². The zero-order chi connectivity index (χ0) is 14.4. The number of rotatable bonds is 1. The lowest BCUT2D eigenvalue weighted by molar-refractivity contribution is 0.574. The normalized spacial score (nSPS) is 11.2. The van der Waals surface area contributed by atoms with E-state index in [1.807, 2.05) is 0 Å². The maximum Gasteiger partial charge on any atom is 0.182 e. The minimum Gasteiger partial charge on any atom is -0.330 e. The van der Waals surface area contributed by atoms with Crippen molar-refractivity contribution in [1.82, 2.24) is 9.55 Å². The molecule has 1 heterocycles. The Morgan fingerprint density at radius 1 is 1.05 bits per heavy atom. The molecule has 3 rings (SSSR count). The highest BCUT2D eigenvalue weighted by Crippen LogP contribution is 2.26. The summed E-state index contributed by atoms with van der Waals surface area (Å²) in [5.41, 5.74) is 0.990. The van der Waals surface area contributed by atoms with Crippen LogP contribution in [0.3, 0.4) is 0 Å². The van der Waals surface area contributed by atoms with Crippen molar-refractivity contribution in [2.75, 3.05) is 0 Å². The Bertz CT molecular complexity index is 885. The molecule has 0 saturated carbocycles. The molecule has 7 heteroatoms. The average Bonchev–Trinajstić information content (AvgIpc) is 2.69. The van der Waals surface area contributed by atoms with Crippen LogP contribution in [0.25, 0.3) is 16.7 Å². The second-order valence-corrected chi connectivity index (χ2v) is 5.39. The molecule has 0 fully saturated rings. The Balaban J connectivity index is 2.40. The van der Waals surface area contributed by atoms with Crippen LogP contribution in [0.5, 0.6) is 0 Å². The van der Waals surface area contributed by atoms with Crippen molar-refractivity contribution in [3.63, 3.8) is 0 Å². The number of fused-ring (bicyclic) bond motifs is 1. The fraction of sp³-hybridized carbons (Fsp3) is 0. The lowest BCUT2D eigenvalue weighted by atomic mass is 10.2. The van der Waals surface area contributed by atoms with Gasteiger partial charge in [-0.15, -0.1) is 0 Å². The molecule has 0 unspecified atom stereocenters. The Kier molecular flexibility index (Phi) is 3.18. The van der Waals surface area contributed by atoms with Gasteiger partial charge in [-0.1, -0.05) is 0 Å². The largest absolute Gasteiger partial charge is 0.330 e. The Labute approximate surface area is 125 Å². The molecular formula is C13H6BrF3N2S. The third kappa shape index (κ3) is 2.06. The standard InChI is InChI=1S/C13H6BrF3N2S/c14-7-4-11(9(17)5-8(7)16)19-12-3-6(15)1-2-10(12)18-13(19)20/h1-5H,(H,18,20). The molecule has 102 valence electrons. The van der Waals surface area contributed by atoms with Crippen LogP contribution in [0.2, 0.25) is 0 Å². The molecule has 0 saturated heterocycles. The number of aromatic amines is 1. The zero-order valence-corrected chi connectivity index (χ0v) is 12.2. The SMILES string of the molecule is Fc1ccc2[nH]c(=S)n(-c3cc(Br)c(F)cc3F)c2c1.